The molecule has 88 valence electrons. The van der Waals surface area contributed by atoms with Crippen molar-refractivity contribution in [3.05, 3.63) is 40.5 Å². The molecule has 3 N–H and O–H groups in total. The van der Waals surface area contributed by atoms with E-state index in [9.17, 15) is 0 Å². The zero-order valence-corrected chi connectivity index (χ0v) is 11.3. The summed E-state index contributed by atoms with van der Waals surface area (Å²) in [5, 5.41) is 9.68. The highest BCUT2D eigenvalue weighted by atomic mass is 32.2. The Morgan fingerprint density at radius 2 is 2.24 bits per heavy atom. The number of aromatic nitrogens is 1. The van der Waals surface area contributed by atoms with Crippen LogP contribution in [0.25, 0.3) is 0 Å². The van der Waals surface area contributed by atoms with Gasteiger partial charge < -0.3 is 5.73 Å². The molecule has 0 saturated carbocycles. The number of hydrogen-bond acceptors (Lipinski definition) is 4. The first-order valence-corrected chi connectivity index (χ1v) is 6.81. The van der Waals surface area contributed by atoms with E-state index in [1.807, 2.05) is 31.4 Å². The average Bonchev–Trinajstić information content (AvgIpc) is 2.68. The van der Waals surface area contributed by atoms with Crippen molar-refractivity contribution in [2.75, 3.05) is 0 Å². The van der Waals surface area contributed by atoms with E-state index in [4.69, 9.17) is 11.1 Å². The predicted molar refractivity (Wildman–Crippen MR) is 73.2 cm³/mol. The molecule has 0 spiro atoms. The van der Waals surface area contributed by atoms with E-state index in [1.165, 1.54) is 4.21 Å². The van der Waals surface area contributed by atoms with Crippen LogP contribution in [-0.4, -0.2) is 10.8 Å². The third-order valence-electron chi connectivity index (χ3n) is 2.27. The van der Waals surface area contributed by atoms with Crippen molar-refractivity contribution in [1.29, 1.82) is 5.41 Å². The van der Waals surface area contributed by atoms with Crippen molar-refractivity contribution in [1.82, 2.24) is 4.98 Å². The Kier molecular flexibility index (Phi) is 3.49. The molecule has 5 heteroatoms. The quantitative estimate of drug-likeness (QED) is 0.660. The molecule has 3 nitrogen and oxygen atoms in total. The summed E-state index contributed by atoms with van der Waals surface area (Å²) in [6, 6.07) is 6.06. The number of thiophene rings is 1. The Labute approximate surface area is 109 Å². The smallest absolute Gasteiger partial charge is 0.125 e. The number of nitrogens with one attached hydrogen (secondary N) is 1. The lowest BCUT2D eigenvalue weighted by Gasteiger charge is -2.10. The monoisotopic (exact) mass is 263 g/mol. The standard InChI is InChI=1S/C12H13N3S2/c1-7-6-9(17-10-4-3-5-16-10)11(12(13)14)8(2)15-7/h3-6H,1-2H3,(H3,13,14). The molecule has 0 radical (unpaired) electrons. The summed E-state index contributed by atoms with van der Waals surface area (Å²) in [5.74, 6) is 0.0778. The maximum Gasteiger partial charge on any atom is 0.125 e. The van der Waals surface area contributed by atoms with Crippen LogP contribution in [0.1, 0.15) is 17.0 Å². The second-order valence-corrected chi connectivity index (χ2v) is 5.96. The topological polar surface area (TPSA) is 62.8 Å². The maximum absolute atomic E-state index is 7.64. The minimum Gasteiger partial charge on any atom is -0.384 e. The number of nitrogens with zero attached hydrogens (tertiary/aromatic N) is 1. The molecule has 0 bridgehead atoms. The van der Waals surface area contributed by atoms with Gasteiger partial charge in [-0.1, -0.05) is 17.8 Å². The first-order valence-electron chi connectivity index (χ1n) is 5.12. The van der Waals surface area contributed by atoms with Gasteiger partial charge in [-0.25, -0.2) is 0 Å². The lowest BCUT2D eigenvalue weighted by molar-refractivity contribution is 1.07. The van der Waals surface area contributed by atoms with Gasteiger partial charge in [0.05, 0.1) is 9.77 Å². The fraction of sp³-hybridized carbons (Fsp3) is 0.167. The molecular weight excluding hydrogens is 250 g/mol. The van der Waals surface area contributed by atoms with Crippen molar-refractivity contribution in [3.63, 3.8) is 0 Å². The van der Waals surface area contributed by atoms with Crippen LogP contribution in [0, 0.1) is 19.3 Å². The molecule has 0 aliphatic rings. The van der Waals surface area contributed by atoms with Gasteiger partial charge in [0.15, 0.2) is 0 Å². The normalized spacial score (nSPS) is 10.5. The van der Waals surface area contributed by atoms with Crippen LogP contribution >= 0.6 is 23.1 Å². The van der Waals surface area contributed by atoms with Gasteiger partial charge >= 0.3 is 0 Å². The van der Waals surface area contributed by atoms with E-state index in [0.29, 0.717) is 0 Å². The third-order valence-corrected chi connectivity index (χ3v) is 4.35. The zero-order valence-electron chi connectivity index (χ0n) is 9.65. The highest BCUT2D eigenvalue weighted by molar-refractivity contribution is 8.01. The van der Waals surface area contributed by atoms with E-state index < -0.39 is 0 Å². The Hall–Kier alpha value is -1.33. The summed E-state index contributed by atoms with van der Waals surface area (Å²) in [6.45, 7) is 3.84. The summed E-state index contributed by atoms with van der Waals surface area (Å²) < 4.78 is 1.19. The largest absolute Gasteiger partial charge is 0.384 e. The molecule has 0 saturated heterocycles. The molecule has 17 heavy (non-hydrogen) atoms. The van der Waals surface area contributed by atoms with Gasteiger partial charge in [-0.2, -0.15) is 0 Å². The Morgan fingerprint density at radius 1 is 1.47 bits per heavy atom. The third kappa shape index (κ3) is 2.68. The maximum atomic E-state index is 7.64. The summed E-state index contributed by atoms with van der Waals surface area (Å²) in [4.78, 5) is 5.36. The van der Waals surface area contributed by atoms with E-state index in [0.717, 1.165) is 21.8 Å². The number of hydrogen-bond donors (Lipinski definition) is 2. The molecule has 0 aromatic carbocycles. The van der Waals surface area contributed by atoms with Crippen LogP contribution in [0.2, 0.25) is 0 Å². The lowest BCUT2D eigenvalue weighted by atomic mass is 10.1. The van der Waals surface area contributed by atoms with Crippen LogP contribution in [0.4, 0.5) is 0 Å². The number of aryl methyl sites for hydroxylation is 2. The Bertz CT molecular complexity index is 547. The van der Waals surface area contributed by atoms with E-state index in [1.54, 1.807) is 23.1 Å². The zero-order chi connectivity index (χ0) is 12.4. The molecule has 0 fully saturated rings. The van der Waals surface area contributed by atoms with Gasteiger partial charge in [-0.05, 0) is 31.4 Å². The highest BCUT2D eigenvalue weighted by Crippen LogP contribution is 2.34. The molecule has 0 unspecified atom stereocenters. The fourth-order valence-corrected chi connectivity index (χ4v) is 3.66. The number of pyridine rings is 1. The number of amidine groups is 1. The summed E-state index contributed by atoms with van der Waals surface area (Å²) in [7, 11) is 0. The minimum atomic E-state index is 0.0778. The summed E-state index contributed by atoms with van der Waals surface area (Å²) in [6.07, 6.45) is 0. The van der Waals surface area contributed by atoms with E-state index in [-0.39, 0.29) is 5.84 Å². The summed E-state index contributed by atoms with van der Waals surface area (Å²) >= 11 is 3.32. The Balaban J connectivity index is 2.47. The summed E-state index contributed by atoms with van der Waals surface area (Å²) in [5.41, 5.74) is 8.14. The second-order valence-electron chi connectivity index (χ2n) is 3.67. The molecule has 0 atom stereocenters. The van der Waals surface area contributed by atoms with Crippen LogP contribution in [0.15, 0.2) is 32.7 Å². The molecule has 0 aliphatic carbocycles. The van der Waals surface area contributed by atoms with Crippen molar-refractivity contribution in [2.45, 2.75) is 23.0 Å². The van der Waals surface area contributed by atoms with Crippen molar-refractivity contribution in [2.24, 2.45) is 5.73 Å². The highest BCUT2D eigenvalue weighted by Gasteiger charge is 2.12. The van der Waals surface area contributed by atoms with Gasteiger partial charge in [0.2, 0.25) is 0 Å². The molecule has 2 heterocycles. The van der Waals surface area contributed by atoms with Crippen LogP contribution < -0.4 is 5.73 Å². The van der Waals surface area contributed by atoms with Crippen molar-refractivity contribution >= 4 is 28.9 Å². The van der Waals surface area contributed by atoms with Crippen molar-refractivity contribution < 1.29 is 0 Å². The van der Waals surface area contributed by atoms with Gasteiger partial charge in [0.25, 0.3) is 0 Å². The fourth-order valence-electron chi connectivity index (χ4n) is 1.63. The predicted octanol–water partition coefficient (Wildman–Crippen LogP) is 3.20. The number of rotatable bonds is 3. The molecule has 0 aliphatic heterocycles. The Morgan fingerprint density at radius 3 is 2.82 bits per heavy atom. The first-order chi connectivity index (χ1) is 8.08. The molecule has 2 aromatic rings. The first kappa shape index (κ1) is 12.1. The van der Waals surface area contributed by atoms with Crippen LogP contribution in [-0.2, 0) is 0 Å². The van der Waals surface area contributed by atoms with Crippen LogP contribution in [0.3, 0.4) is 0 Å². The molecule has 2 rings (SSSR count). The van der Waals surface area contributed by atoms with Gasteiger partial charge in [0, 0.05) is 16.3 Å². The molecular formula is C12H13N3S2. The minimum absolute atomic E-state index is 0.0778. The number of nitrogens with two attached hydrogens (primary N) is 1. The lowest BCUT2D eigenvalue weighted by Crippen LogP contribution is -2.15. The SMILES string of the molecule is Cc1cc(Sc2cccs2)c(C(=N)N)c(C)n1. The molecule has 0 amide bonds. The van der Waals surface area contributed by atoms with Crippen LogP contribution in [0.5, 0.6) is 0 Å². The van der Waals surface area contributed by atoms with Gasteiger partial charge in [-0.3, -0.25) is 10.4 Å². The van der Waals surface area contributed by atoms with Gasteiger partial charge in [-0.15, -0.1) is 11.3 Å². The number of nitrogen functional groups attached to an aromatic ring is 1. The van der Waals surface area contributed by atoms with E-state index in [2.05, 4.69) is 11.1 Å². The van der Waals surface area contributed by atoms with Crippen molar-refractivity contribution in [3.8, 4) is 0 Å². The van der Waals surface area contributed by atoms with Gasteiger partial charge in [0.1, 0.15) is 5.84 Å². The molecule has 2 aromatic heterocycles. The second kappa shape index (κ2) is 4.89. The van der Waals surface area contributed by atoms with E-state index >= 15 is 0 Å². The average molecular weight is 263 g/mol.